The van der Waals surface area contributed by atoms with Gasteiger partial charge in [0.2, 0.25) is 29.7 Å². The first kappa shape index (κ1) is 89.0. The molecule has 37 heteroatoms. The van der Waals surface area contributed by atoms with Crippen LogP contribution < -0.4 is 56.8 Å². The van der Waals surface area contributed by atoms with Gasteiger partial charge in [-0.25, -0.2) is 64.2 Å². The van der Waals surface area contributed by atoms with E-state index >= 15 is 0 Å². The average Bonchev–Trinajstić information content (AvgIpc) is 1.68. The number of benzene rings is 4. The Morgan fingerprint density at radius 2 is 0.736 bits per heavy atom. The van der Waals surface area contributed by atoms with E-state index in [-0.39, 0.29) is 67.2 Å². The van der Waals surface area contributed by atoms with E-state index in [1.165, 1.54) is 11.8 Å². The van der Waals surface area contributed by atoms with Crippen LogP contribution in [0.4, 0.5) is 78.6 Å². The van der Waals surface area contributed by atoms with Crippen molar-refractivity contribution < 1.29 is 8.78 Å². The fraction of sp³-hybridized carbons (Fsp3) is 0.364. The molecule has 1 atom stereocenters. The van der Waals surface area contributed by atoms with Crippen LogP contribution in [-0.4, -0.2) is 215 Å². The summed E-state index contributed by atoms with van der Waals surface area (Å²) in [6, 6.07) is 30.8. The van der Waals surface area contributed by atoms with Crippen LogP contribution in [0.15, 0.2) is 153 Å². The molecule has 652 valence electrons. The standard InChI is InChI=1S/C24H30N8.C22H26N8.2C21H23FN8.3ClH/c1-5-30-10-12-31(13-11-30)20-8-9-21(27-17(20)4)28-24-25-14-18-6-7-19-15-26-32(16(2)3)23(19)22(18)29-24;1-14(2)30-21-17(11-26-30)5-4-16-10-25-22(28-20(16)21)27-19-7-6-18(12-24-19)29-9-8-23-15(3)13-29;1-13(2)30-20-15(11-26-30)4-3-14-10-25-21(28-19(14)20)27-18-9-16(22)17(12-24-18)29-7-5-23-6-8-29;1-13(2)30-19-15(12-25-30)4-3-14-11-24-21(28-18(14)19)27-17-6-5-16(20(22)26-17)29-9-7-23-8-10-29;;;/h6-9,14-16H,5,10-13H2,1-4H3,(H,25,27,28,29);4-7,10-12,14-15,23H,8-9,13H2,1-3H3,(H,24,25,27,28);3-4,9-13,23H,5-8H2,1-2H3,(H,24,25,27,28);3-6,11-13,23H,7-10H2,1-2H3,(H,24,26,27,28);3*1H/t;15-;;;;;/m.0...../s1. The van der Waals surface area contributed by atoms with Crippen LogP contribution in [0.5, 0.6) is 0 Å². The molecule has 7 N–H and O–H groups in total. The Bertz CT molecular complexity index is 6230. The lowest BCUT2D eigenvalue weighted by molar-refractivity contribution is 0.271. The molecule has 16 aromatic rings. The van der Waals surface area contributed by atoms with E-state index in [0.717, 1.165) is 215 Å². The summed E-state index contributed by atoms with van der Waals surface area (Å²) in [4.78, 5) is 65.9. The van der Waals surface area contributed by atoms with Crippen molar-refractivity contribution in [3.63, 3.8) is 0 Å². The zero-order chi connectivity index (χ0) is 84.2. The third-order valence-electron chi connectivity index (χ3n) is 22.4. The number of nitrogens with one attached hydrogen (secondary N) is 7. The van der Waals surface area contributed by atoms with Crippen molar-refractivity contribution in [2.75, 3.05) is 146 Å². The smallest absolute Gasteiger partial charge is 0.238 e. The van der Waals surface area contributed by atoms with Gasteiger partial charge in [0.05, 0.1) is 87.7 Å². The summed E-state index contributed by atoms with van der Waals surface area (Å²) in [6.45, 7) is 38.1. The molecule has 32 nitrogen and oxygen atoms in total. The minimum atomic E-state index is -0.497. The number of rotatable bonds is 17. The molecule has 0 unspecified atom stereocenters. The fourth-order valence-electron chi connectivity index (χ4n) is 16.1. The number of aryl methyl sites for hydroxylation is 1. The fourth-order valence-corrected chi connectivity index (χ4v) is 16.1. The third-order valence-corrected chi connectivity index (χ3v) is 22.4. The van der Waals surface area contributed by atoms with Crippen molar-refractivity contribution in [3.05, 3.63) is 170 Å². The molecule has 20 rings (SSSR count). The first-order chi connectivity index (χ1) is 59.3. The molecule has 0 spiro atoms. The molecule has 0 saturated carbocycles. The maximum atomic E-state index is 14.7. The quantitative estimate of drug-likeness (QED) is 0.0416. The first-order valence-electron chi connectivity index (χ1n) is 42.0. The highest BCUT2D eigenvalue weighted by atomic mass is 35.5. The lowest BCUT2D eigenvalue weighted by Crippen LogP contribution is -2.49. The number of hydrogen-bond donors (Lipinski definition) is 7. The number of pyridine rings is 4. The van der Waals surface area contributed by atoms with Crippen LogP contribution in [0.3, 0.4) is 0 Å². The summed E-state index contributed by atoms with van der Waals surface area (Å²) < 4.78 is 37.3. The van der Waals surface area contributed by atoms with E-state index in [4.69, 9.17) is 24.9 Å². The van der Waals surface area contributed by atoms with E-state index in [0.29, 0.717) is 52.8 Å². The lowest BCUT2D eigenvalue weighted by Gasteiger charge is -2.36. The highest BCUT2D eigenvalue weighted by molar-refractivity contribution is 6.06. The molecule has 16 heterocycles. The second-order valence-electron chi connectivity index (χ2n) is 32.2. The van der Waals surface area contributed by atoms with Crippen molar-refractivity contribution in [1.82, 2.24) is 120 Å². The van der Waals surface area contributed by atoms with Gasteiger partial charge in [0.15, 0.2) is 5.82 Å². The van der Waals surface area contributed by atoms with Crippen molar-refractivity contribution in [3.8, 4) is 0 Å². The number of hydrogen-bond acceptors (Lipinski definition) is 28. The molecule has 12 aromatic heterocycles. The van der Waals surface area contributed by atoms with Gasteiger partial charge in [-0.1, -0.05) is 55.5 Å². The Hall–Kier alpha value is -12.3. The van der Waals surface area contributed by atoms with E-state index in [2.05, 4.69) is 208 Å². The SMILES string of the molecule is CC(C)n1ncc2ccc3cnc(Nc4cc(F)c(N5CCNCC5)cn4)nc3c21.CC(C)n1ncc2ccc3cnc(Nc4ccc(N5CCNCC5)c(F)n4)nc3c21.CC(C)n1ncc2ccc3cnc(Nc4ccc(N5CCN[C@@H](C)C5)cn4)nc3c21.CCN1CCN(c2ccc(Nc3ncc4ccc5cnn(C(C)C)c5c4n3)nc2C)CC1.Cl.Cl.Cl. The largest absolute Gasteiger partial charge is 0.368 e. The maximum absolute atomic E-state index is 14.7. The predicted octanol–water partition coefficient (Wildman–Crippen LogP) is 15.4. The van der Waals surface area contributed by atoms with Gasteiger partial charge in [-0.2, -0.15) is 24.8 Å². The average molecular weight is 1760 g/mol. The number of piperazine rings is 4. The van der Waals surface area contributed by atoms with Crippen LogP contribution in [-0.2, 0) is 0 Å². The van der Waals surface area contributed by atoms with E-state index in [9.17, 15) is 8.78 Å². The van der Waals surface area contributed by atoms with Crippen molar-refractivity contribution in [1.29, 1.82) is 0 Å². The number of aromatic nitrogens is 20. The van der Waals surface area contributed by atoms with Gasteiger partial charge in [-0.05, 0) is 112 Å². The van der Waals surface area contributed by atoms with Crippen LogP contribution in [0.25, 0.3) is 87.2 Å². The lowest BCUT2D eigenvalue weighted by atomic mass is 10.2. The maximum Gasteiger partial charge on any atom is 0.238 e. The highest BCUT2D eigenvalue weighted by Gasteiger charge is 2.25. The Kier molecular flexibility index (Phi) is 28.0. The monoisotopic (exact) mass is 1750 g/mol. The van der Waals surface area contributed by atoms with E-state index < -0.39 is 5.95 Å². The van der Waals surface area contributed by atoms with E-state index in [1.54, 1.807) is 30.7 Å². The normalized spacial score (nSPS) is 15.1. The van der Waals surface area contributed by atoms with Gasteiger partial charge in [-0.15, -0.1) is 37.2 Å². The highest BCUT2D eigenvalue weighted by Crippen LogP contribution is 2.35. The molecule has 4 aromatic carbocycles. The van der Waals surface area contributed by atoms with Crippen molar-refractivity contribution in [2.45, 2.75) is 106 Å². The van der Waals surface area contributed by atoms with Crippen LogP contribution >= 0.6 is 37.2 Å². The van der Waals surface area contributed by atoms with Crippen molar-refractivity contribution in [2.24, 2.45) is 0 Å². The van der Waals surface area contributed by atoms with Crippen molar-refractivity contribution >= 4 is 194 Å². The molecule has 4 aliphatic rings. The number of likely N-dealkylation sites (N-methyl/N-ethyl adjacent to an activating group) is 1. The number of nitrogens with zero attached hydrogens (tertiary/aromatic N) is 25. The number of fused-ring (bicyclic) bond motifs is 12. The van der Waals surface area contributed by atoms with Gasteiger partial charge in [-0.3, -0.25) is 18.7 Å². The number of halogens is 5. The molecule has 125 heavy (non-hydrogen) atoms. The molecule has 4 aliphatic heterocycles. The summed E-state index contributed by atoms with van der Waals surface area (Å²) in [5, 5.41) is 48.7. The van der Waals surface area contributed by atoms with Crippen LogP contribution in [0.2, 0.25) is 0 Å². The molecular weight excluding hydrogens is 1650 g/mol. The minimum absolute atomic E-state index is 0. The zero-order valence-electron chi connectivity index (χ0n) is 71.8. The second-order valence-corrected chi connectivity index (χ2v) is 32.2. The van der Waals surface area contributed by atoms with E-state index in [1.807, 2.05) is 120 Å². The Labute approximate surface area is 740 Å². The minimum Gasteiger partial charge on any atom is -0.368 e. The second kappa shape index (κ2) is 39.3. The summed E-state index contributed by atoms with van der Waals surface area (Å²) in [5.41, 5.74) is 11.8. The number of anilines is 12. The first-order valence-corrected chi connectivity index (χ1v) is 42.0. The summed E-state index contributed by atoms with van der Waals surface area (Å²) >= 11 is 0. The van der Waals surface area contributed by atoms with Crippen LogP contribution in [0.1, 0.15) is 99.1 Å². The van der Waals surface area contributed by atoms with Crippen LogP contribution in [0, 0.1) is 18.7 Å². The van der Waals surface area contributed by atoms with Gasteiger partial charge in [0.25, 0.3) is 0 Å². The molecular formula is C88H105Cl3F2N32. The topological polar surface area (TPSA) is 326 Å². The molecule has 0 bridgehead atoms. The molecule has 4 fully saturated rings. The van der Waals surface area contributed by atoms with Gasteiger partial charge >= 0.3 is 0 Å². The van der Waals surface area contributed by atoms with Gasteiger partial charge in [0.1, 0.15) is 45.3 Å². The van der Waals surface area contributed by atoms with Gasteiger partial charge < -0.3 is 61.7 Å². The zero-order valence-corrected chi connectivity index (χ0v) is 74.2. The Morgan fingerprint density at radius 3 is 1.12 bits per heavy atom. The van der Waals surface area contributed by atoms with Gasteiger partial charge in [0, 0.05) is 202 Å². The predicted molar refractivity (Wildman–Crippen MR) is 504 cm³/mol. The molecule has 0 radical (unpaired) electrons. The Balaban J connectivity index is 0.000000134. The third kappa shape index (κ3) is 19.5. The summed E-state index contributed by atoms with van der Waals surface area (Å²) in [5.74, 6) is 3.22. The molecule has 0 aliphatic carbocycles. The molecule has 0 amide bonds. The summed E-state index contributed by atoms with van der Waals surface area (Å²) in [6.07, 6.45) is 18.2. The summed E-state index contributed by atoms with van der Waals surface area (Å²) in [7, 11) is 0. The Morgan fingerprint density at radius 1 is 0.368 bits per heavy atom. The molecule has 4 saturated heterocycles.